The summed E-state index contributed by atoms with van der Waals surface area (Å²) in [5.74, 6) is 0.379. The summed E-state index contributed by atoms with van der Waals surface area (Å²) in [6.45, 7) is 3.51. The highest BCUT2D eigenvalue weighted by Crippen LogP contribution is 2.25. The summed E-state index contributed by atoms with van der Waals surface area (Å²) in [4.78, 5) is 14.7. The van der Waals surface area contributed by atoms with Crippen molar-refractivity contribution in [2.24, 2.45) is 11.7 Å². The van der Waals surface area contributed by atoms with Crippen LogP contribution in [-0.2, 0) is 9.53 Å². The predicted molar refractivity (Wildman–Crippen MR) is 69.7 cm³/mol. The van der Waals surface area contributed by atoms with Crippen LogP contribution in [0.25, 0.3) is 0 Å². The van der Waals surface area contributed by atoms with Crippen LogP contribution in [0, 0.1) is 5.92 Å². The van der Waals surface area contributed by atoms with Crippen LogP contribution >= 0.6 is 12.2 Å². The molecular formula is C12H20N2O2S. The first kappa shape index (κ1) is 12.8. The highest BCUT2D eigenvalue weighted by molar-refractivity contribution is 7.80. The van der Waals surface area contributed by atoms with Gasteiger partial charge in [-0.25, -0.2) is 0 Å². The number of carbonyl (C=O) groups excluding carboxylic acids is 1. The predicted octanol–water partition coefficient (Wildman–Crippen LogP) is 1.08. The Morgan fingerprint density at radius 2 is 2.18 bits per heavy atom. The zero-order valence-electron chi connectivity index (χ0n) is 10.2. The van der Waals surface area contributed by atoms with Gasteiger partial charge < -0.3 is 15.4 Å². The fourth-order valence-electron chi connectivity index (χ4n) is 2.67. The van der Waals surface area contributed by atoms with Gasteiger partial charge in [0.2, 0.25) is 0 Å². The molecule has 0 aromatic rings. The summed E-state index contributed by atoms with van der Waals surface area (Å²) in [6.07, 6.45) is 3.69. The molecule has 17 heavy (non-hydrogen) atoms. The van der Waals surface area contributed by atoms with E-state index >= 15 is 0 Å². The average Bonchev–Trinajstić information content (AvgIpc) is 2.74. The molecule has 2 rings (SSSR count). The first-order valence-electron chi connectivity index (χ1n) is 6.32. The number of rotatable bonds is 2. The molecule has 0 bridgehead atoms. The summed E-state index contributed by atoms with van der Waals surface area (Å²) in [6, 6.07) is -0.0670. The van der Waals surface area contributed by atoms with Crippen LogP contribution in [0.3, 0.4) is 0 Å². The molecule has 2 saturated heterocycles. The Kier molecular flexibility index (Phi) is 3.99. The first-order chi connectivity index (χ1) is 8.11. The molecule has 2 heterocycles. The molecule has 3 atom stereocenters. The van der Waals surface area contributed by atoms with E-state index in [0.29, 0.717) is 17.5 Å². The van der Waals surface area contributed by atoms with E-state index in [1.54, 1.807) is 0 Å². The number of hydrogen-bond acceptors (Lipinski definition) is 3. The minimum absolute atomic E-state index is 0.0670. The zero-order chi connectivity index (χ0) is 12.4. The average molecular weight is 256 g/mol. The van der Waals surface area contributed by atoms with Gasteiger partial charge in [-0.15, -0.1) is 0 Å². The minimum Gasteiger partial charge on any atom is -0.392 e. The maximum atomic E-state index is 12.4. The Morgan fingerprint density at radius 1 is 1.41 bits per heavy atom. The van der Waals surface area contributed by atoms with E-state index in [-0.39, 0.29) is 18.1 Å². The summed E-state index contributed by atoms with van der Waals surface area (Å²) >= 11 is 5.06. The number of ether oxygens (including phenoxy) is 1. The Hall–Kier alpha value is -0.680. The number of hydrogen-bond donors (Lipinski definition) is 1. The van der Waals surface area contributed by atoms with Crippen LogP contribution in [-0.4, -0.2) is 41.1 Å². The molecule has 2 N–H and O–H groups in total. The van der Waals surface area contributed by atoms with Gasteiger partial charge in [-0.3, -0.25) is 4.79 Å². The number of nitrogens with zero attached hydrogens (tertiary/aromatic N) is 1. The lowest BCUT2D eigenvalue weighted by molar-refractivity contribution is -0.144. The highest BCUT2D eigenvalue weighted by Gasteiger charge is 2.38. The molecule has 0 aliphatic carbocycles. The molecule has 2 aliphatic heterocycles. The molecule has 0 radical (unpaired) electrons. The number of amides is 1. The molecule has 3 unspecified atom stereocenters. The minimum atomic E-state index is -0.287. The van der Waals surface area contributed by atoms with Crippen LogP contribution in [0.4, 0.5) is 0 Å². The van der Waals surface area contributed by atoms with Crippen LogP contribution in [0.1, 0.15) is 32.6 Å². The molecule has 0 aromatic heterocycles. The maximum absolute atomic E-state index is 12.4. The third-order valence-corrected chi connectivity index (χ3v) is 4.02. The van der Waals surface area contributed by atoms with Crippen molar-refractivity contribution in [2.75, 3.05) is 13.2 Å². The van der Waals surface area contributed by atoms with Crippen molar-refractivity contribution in [3.63, 3.8) is 0 Å². The van der Waals surface area contributed by atoms with Gasteiger partial charge in [-0.1, -0.05) is 19.1 Å². The largest absolute Gasteiger partial charge is 0.392 e. The van der Waals surface area contributed by atoms with E-state index in [2.05, 4.69) is 6.92 Å². The van der Waals surface area contributed by atoms with Gasteiger partial charge in [0.05, 0.1) is 11.0 Å². The number of likely N-dealkylation sites (tertiary alicyclic amines) is 1. The third-order valence-electron chi connectivity index (χ3n) is 3.75. The SMILES string of the molecule is CC1CCOC1C(=O)N1CCCCC1C(N)=S. The molecule has 96 valence electrons. The van der Waals surface area contributed by atoms with E-state index in [1.165, 1.54) is 0 Å². The van der Waals surface area contributed by atoms with E-state index in [0.717, 1.165) is 32.2 Å². The van der Waals surface area contributed by atoms with Gasteiger partial charge >= 0.3 is 0 Å². The van der Waals surface area contributed by atoms with Crippen molar-refractivity contribution < 1.29 is 9.53 Å². The van der Waals surface area contributed by atoms with Crippen molar-refractivity contribution in [3.8, 4) is 0 Å². The molecule has 2 aliphatic rings. The summed E-state index contributed by atoms with van der Waals surface area (Å²) in [5.41, 5.74) is 5.73. The highest BCUT2D eigenvalue weighted by atomic mass is 32.1. The lowest BCUT2D eigenvalue weighted by Gasteiger charge is -2.37. The number of piperidine rings is 1. The molecular weight excluding hydrogens is 236 g/mol. The second-order valence-electron chi connectivity index (χ2n) is 5.00. The van der Waals surface area contributed by atoms with Gasteiger partial charge in [-0.05, 0) is 31.6 Å². The Labute approximate surface area is 107 Å². The topological polar surface area (TPSA) is 55.6 Å². The molecule has 4 nitrogen and oxygen atoms in total. The van der Waals surface area contributed by atoms with Crippen LogP contribution < -0.4 is 5.73 Å². The van der Waals surface area contributed by atoms with Crippen molar-refractivity contribution >= 4 is 23.1 Å². The lowest BCUT2D eigenvalue weighted by atomic mass is 9.98. The van der Waals surface area contributed by atoms with Crippen LogP contribution in [0.2, 0.25) is 0 Å². The van der Waals surface area contributed by atoms with E-state index < -0.39 is 0 Å². The van der Waals surface area contributed by atoms with Gasteiger partial charge in [0.1, 0.15) is 6.10 Å². The molecule has 0 aromatic carbocycles. The van der Waals surface area contributed by atoms with Gasteiger partial charge in [0.25, 0.3) is 5.91 Å². The summed E-state index contributed by atoms with van der Waals surface area (Å²) < 4.78 is 5.53. The maximum Gasteiger partial charge on any atom is 0.252 e. The smallest absolute Gasteiger partial charge is 0.252 e. The number of thiocarbonyl (C=S) groups is 1. The normalized spacial score (nSPS) is 33.7. The third kappa shape index (κ3) is 2.60. The van der Waals surface area contributed by atoms with Crippen LogP contribution in [0.15, 0.2) is 0 Å². The Bertz CT molecular complexity index is 322. The standard InChI is InChI=1S/C12H20N2O2S/c1-8-5-7-16-10(8)12(15)14-6-3-2-4-9(14)11(13)17/h8-10H,2-7H2,1H3,(H2,13,17). The summed E-state index contributed by atoms with van der Waals surface area (Å²) in [5, 5.41) is 0. The second kappa shape index (κ2) is 5.31. The Balaban J connectivity index is 2.08. The molecule has 2 fully saturated rings. The molecule has 0 saturated carbocycles. The van der Waals surface area contributed by atoms with Gasteiger partial charge in [0.15, 0.2) is 0 Å². The first-order valence-corrected chi connectivity index (χ1v) is 6.73. The Morgan fingerprint density at radius 3 is 2.76 bits per heavy atom. The van der Waals surface area contributed by atoms with Crippen LogP contribution in [0.5, 0.6) is 0 Å². The van der Waals surface area contributed by atoms with Crippen molar-refractivity contribution in [2.45, 2.75) is 44.8 Å². The molecule has 5 heteroatoms. The van der Waals surface area contributed by atoms with Gasteiger partial charge in [0, 0.05) is 13.2 Å². The fraction of sp³-hybridized carbons (Fsp3) is 0.833. The number of nitrogens with two attached hydrogens (primary N) is 1. The second-order valence-corrected chi connectivity index (χ2v) is 5.47. The molecule has 0 spiro atoms. The fourth-order valence-corrected chi connectivity index (χ4v) is 2.91. The van der Waals surface area contributed by atoms with E-state index in [4.69, 9.17) is 22.7 Å². The van der Waals surface area contributed by atoms with Crippen molar-refractivity contribution in [1.82, 2.24) is 4.90 Å². The van der Waals surface area contributed by atoms with Gasteiger partial charge in [-0.2, -0.15) is 0 Å². The summed E-state index contributed by atoms with van der Waals surface area (Å²) in [7, 11) is 0. The van der Waals surface area contributed by atoms with E-state index in [1.807, 2.05) is 4.90 Å². The number of carbonyl (C=O) groups is 1. The lowest BCUT2D eigenvalue weighted by Crippen LogP contribution is -2.53. The van der Waals surface area contributed by atoms with Crippen molar-refractivity contribution in [3.05, 3.63) is 0 Å². The van der Waals surface area contributed by atoms with Crippen molar-refractivity contribution in [1.29, 1.82) is 0 Å². The monoisotopic (exact) mass is 256 g/mol. The zero-order valence-corrected chi connectivity index (χ0v) is 11.0. The molecule has 1 amide bonds. The quantitative estimate of drug-likeness (QED) is 0.751. The van der Waals surface area contributed by atoms with E-state index in [9.17, 15) is 4.79 Å².